The lowest BCUT2D eigenvalue weighted by Gasteiger charge is -2.10. The third-order valence-electron chi connectivity index (χ3n) is 2.30. The fraction of sp³-hybridized carbons (Fsp3) is 0.308. The highest BCUT2D eigenvalue weighted by Gasteiger charge is 2.00. The number of nitrogens with two attached hydrogens (primary N) is 1. The normalized spacial score (nSPS) is 11.2. The molecule has 0 unspecified atom stereocenters. The first-order valence-electron chi connectivity index (χ1n) is 5.70. The lowest BCUT2D eigenvalue weighted by molar-refractivity contribution is -0.142. The Morgan fingerprint density at radius 2 is 2.11 bits per heavy atom. The number of nitrogens with one attached hydrogen (secondary N) is 1. The lowest BCUT2D eigenvalue weighted by atomic mass is 10.2. The molecule has 0 atom stereocenters. The molecule has 1 rings (SSSR count). The topological polar surface area (TPSA) is 84.6 Å². The van der Waals surface area contributed by atoms with Gasteiger partial charge in [-0.05, 0) is 5.56 Å². The van der Waals surface area contributed by atoms with Crippen LogP contribution in [-0.4, -0.2) is 24.3 Å². The van der Waals surface area contributed by atoms with E-state index in [1.54, 1.807) is 0 Å². The summed E-state index contributed by atoms with van der Waals surface area (Å²) in [5, 5.41) is 11.6. The number of benzene rings is 1. The summed E-state index contributed by atoms with van der Waals surface area (Å²) in [6.45, 7) is 0.733. The molecule has 0 aliphatic rings. The molecule has 18 heavy (non-hydrogen) atoms. The highest BCUT2D eigenvalue weighted by Crippen LogP contribution is 2.01. The Morgan fingerprint density at radius 3 is 2.72 bits per heavy atom. The van der Waals surface area contributed by atoms with Gasteiger partial charge in [0, 0.05) is 24.9 Å². The molecule has 0 radical (unpaired) electrons. The van der Waals surface area contributed by atoms with E-state index in [0.717, 1.165) is 11.3 Å². The Labute approximate surface area is 106 Å². The van der Waals surface area contributed by atoms with Crippen molar-refractivity contribution in [1.82, 2.24) is 5.32 Å². The van der Waals surface area contributed by atoms with Crippen molar-refractivity contribution in [3.8, 4) is 0 Å². The summed E-state index contributed by atoms with van der Waals surface area (Å²) in [5.41, 5.74) is 7.48. The van der Waals surface area contributed by atoms with Crippen LogP contribution < -0.4 is 11.1 Å². The predicted molar refractivity (Wildman–Crippen MR) is 68.6 cm³/mol. The number of carboxylic acids is 1. The Balaban J connectivity index is 2.24. The second-order valence-corrected chi connectivity index (χ2v) is 3.73. The average molecular weight is 250 g/mol. The first-order chi connectivity index (χ1) is 8.72. The van der Waals surface area contributed by atoms with E-state index in [0.29, 0.717) is 19.6 Å². The standard InChI is InChI=1S/C13H18N2O3/c14-8-12(6-7-18-10-13(16)17)15-9-11-4-2-1-3-5-11/h1-5,8,15H,6-7,9-10,14H2,(H,16,17)/b12-8-. The fourth-order valence-electron chi connectivity index (χ4n) is 1.38. The van der Waals surface area contributed by atoms with Gasteiger partial charge in [-0.2, -0.15) is 0 Å². The molecular weight excluding hydrogens is 232 g/mol. The van der Waals surface area contributed by atoms with Gasteiger partial charge in [-0.3, -0.25) is 0 Å². The van der Waals surface area contributed by atoms with Crippen molar-refractivity contribution in [3.63, 3.8) is 0 Å². The van der Waals surface area contributed by atoms with Crippen LogP contribution in [0.3, 0.4) is 0 Å². The molecule has 0 aromatic heterocycles. The Hall–Kier alpha value is -2.01. The zero-order valence-electron chi connectivity index (χ0n) is 10.1. The van der Waals surface area contributed by atoms with Crippen LogP contribution in [0.25, 0.3) is 0 Å². The number of hydrogen-bond acceptors (Lipinski definition) is 4. The minimum Gasteiger partial charge on any atom is -0.480 e. The molecule has 0 saturated carbocycles. The van der Waals surface area contributed by atoms with Gasteiger partial charge in [0.1, 0.15) is 6.61 Å². The number of aliphatic carboxylic acids is 1. The highest BCUT2D eigenvalue weighted by atomic mass is 16.5. The third-order valence-corrected chi connectivity index (χ3v) is 2.30. The Kier molecular flexibility index (Phi) is 6.35. The van der Waals surface area contributed by atoms with Gasteiger partial charge in [0.05, 0.1) is 6.61 Å². The number of carbonyl (C=O) groups is 1. The maximum absolute atomic E-state index is 10.2. The lowest BCUT2D eigenvalue weighted by Crippen LogP contribution is -2.17. The monoisotopic (exact) mass is 250 g/mol. The van der Waals surface area contributed by atoms with Gasteiger partial charge in [-0.15, -0.1) is 0 Å². The second kappa shape index (κ2) is 8.14. The quantitative estimate of drug-likeness (QED) is 0.601. The SMILES string of the molecule is N/C=C(/CCOCC(=O)O)NCc1ccccc1. The van der Waals surface area contributed by atoms with Crippen molar-refractivity contribution >= 4 is 5.97 Å². The van der Waals surface area contributed by atoms with Crippen molar-refractivity contribution in [2.45, 2.75) is 13.0 Å². The van der Waals surface area contributed by atoms with E-state index in [4.69, 9.17) is 15.6 Å². The summed E-state index contributed by atoms with van der Waals surface area (Å²) in [4.78, 5) is 10.2. The predicted octanol–water partition coefficient (Wildman–Crippen LogP) is 1.07. The van der Waals surface area contributed by atoms with E-state index in [9.17, 15) is 4.79 Å². The van der Waals surface area contributed by atoms with Crippen LogP contribution in [0.15, 0.2) is 42.2 Å². The molecule has 98 valence electrons. The first kappa shape index (κ1) is 14.1. The highest BCUT2D eigenvalue weighted by molar-refractivity contribution is 5.67. The van der Waals surface area contributed by atoms with Crippen molar-refractivity contribution in [2.75, 3.05) is 13.2 Å². The molecule has 0 aliphatic carbocycles. The van der Waals surface area contributed by atoms with Crippen molar-refractivity contribution in [1.29, 1.82) is 0 Å². The van der Waals surface area contributed by atoms with Crippen molar-refractivity contribution in [3.05, 3.63) is 47.8 Å². The largest absolute Gasteiger partial charge is 0.480 e. The molecule has 1 aromatic rings. The third kappa shape index (κ3) is 5.91. The molecule has 0 saturated heterocycles. The number of hydrogen-bond donors (Lipinski definition) is 3. The van der Waals surface area contributed by atoms with E-state index in [2.05, 4.69) is 5.32 Å². The van der Waals surface area contributed by atoms with Gasteiger partial charge in [0.2, 0.25) is 0 Å². The maximum atomic E-state index is 10.2. The summed E-state index contributed by atoms with van der Waals surface area (Å²) in [6, 6.07) is 9.94. The molecule has 0 aliphatic heterocycles. The summed E-state index contributed by atoms with van der Waals surface area (Å²) < 4.78 is 4.94. The summed E-state index contributed by atoms with van der Waals surface area (Å²) in [7, 11) is 0. The summed E-state index contributed by atoms with van der Waals surface area (Å²) in [6.07, 6.45) is 2.05. The first-order valence-corrected chi connectivity index (χ1v) is 5.70. The molecule has 4 N–H and O–H groups in total. The van der Waals surface area contributed by atoms with Gasteiger partial charge in [-0.1, -0.05) is 30.3 Å². The molecular formula is C13H18N2O3. The molecule has 0 heterocycles. The van der Waals surface area contributed by atoms with Crippen LogP contribution in [0.1, 0.15) is 12.0 Å². The fourth-order valence-corrected chi connectivity index (χ4v) is 1.38. The van der Waals surface area contributed by atoms with E-state index < -0.39 is 5.97 Å². The molecule has 0 fully saturated rings. The van der Waals surface area contributed by atoms with E-state index in [1.165, 1.54) is 6.20 Å². The van der Waals surface area contributed by atoms with Gasteiger partial charge in [0.15, 0.2) is 0 Å². The van der Waals surface area contributed by atoms with Crippen LogP contribution >= 0.6 is 0 Å². The van der Waals surface area contributed by atoms with E-state index >= 15 is 0 Å². The van der Waals surface area contributed by atoms with Crippen molar-refractivity contribution in [2.24, 2.45) is 5.73 Å². The Morgan fingerprint density at radius 1 is 1.39 bits per heavy atom. The van der Waals surface area contributed by atoms with Crippen LogP contribution in [0.5, 0.6) is 0 Å². The van der Waals surface area contributed by atoms with Crippen LogP contribution in [0.2, 0.25) is 0 Å². The van der Waals surface area contributed by atoms with Crippen LogP contribution in [-0.2, 0) is 16.1 Å². The second-order valence-electron chi connectivity index (χ2n) is 3.73. The summed E-state index contributed by atoms with van der Waals surface area (Å²) >= 11 is 0. The number of ether oxygens (including phenoxy) is 1. The van der Waals surface area contributed by atoms with Gasteiger partial charge in [-0.25, -0.2) is 4.79 Å². The molecule has 5 heteroatoms. The molecule has 5 nitrogen and oxygen atoms in total. The van der Waals surface area contributed by atoms with Gasteiger partial charge in [0.25, 0.3) is 0 Å². The minimum atomic E-state index is -0.967. The number of rotatable bonds is 8. The van der Waals surface area contributed by atoms with E-state index in [1.807, 2.05) is 30.3 Å². The molecule has 0 amide bonds. The molecule has 0 spiro atoms. The Bertz CT molecular complexity index is 390. The zero-order chi connectivity index (χ0) is 13.2. The maximum Gasteiger partial charge on any atom is 0.329 e. The van der Waals surface area contributed by atoms with Crippen molar-refractivity contribution < 1.29 is 14.6 Å². The number of carboxylic acid groups (broad SMARTS) is 1. The minimum absolute atomic E-state index is 0.281. The average Bonchev–Trinajstić information content (AvgIpc) is 2.39. The smallest absolute Gasteiger partial charge is 0.329 e. The zero-order valence-corrected chi connectivity index (χ0v) is 10.1. The molecule has 0 bridgehead atoms. The van der Waals surface area contributed by atoms with E-state index in [-0.39, 0.29) is 6.61 Å². The van der Waals surface area contributed by atoms with Gasteiger partial charge < -0.3 is 20.9 Å². The van der Waals surface area contributed by atoms with Gasteiger partial charge >= 0.3 is 5.97 Å². The molecule has 1 aromatic carbocycles. The van der Waals surface area contributed by atoms with Crippen LogP contribution in [0.4, 0.5) is 0 Å². The summed E-state index contributed by atoms with van der Waals surface area (Å²) in [5.74, 6) is -0.967. The van der Waals surface area contributed by atoms with Crippen LogP contribution in [0, 0.1) is 0 Å².